The van der Waals surface area contributed by atoms with Gasteiger partial charge in [-0.2, -0.15) is 0 Å². The van der Waals surface area contributed by atoms with Crippen LogP contribution in [0.25, 0.3) is 11.1 Å². The van der Waals surface area contributed by atoms with Crippen molar-refractivity contribution < 1.29 is 4.79 Å². The number of benzene rings is 2. The molecule has 3 aliphatic rings. The fourth-order valence-corrected chi connectivity index (χ4v) is 8.88. The van der Waals surface area contributed by atoms with Crippen LogP contribution < -0.4 is 5.32 Å². The number of fused-ring (bicyclic) bond motifs is 2. The molecule has 2 unspecified atom stereocenters. The van der Waals surface area contributed by atoms with E-state index in [1.54, 1.807) is 0 Å². The predicted octanol–water partition coefficient (Wildman–Crippen LogP) is 6.66. The summed E-state index contributed by atoms with van der Waals surface area (Å²) in [6.07, 6.45) is 9.55. The molecule has 1 N–H and O–H groups in total. The van der Waals surface area contributed by atoms with Crippen LogP contribution in [0.4, 0.5) is 0 Å². The Kier molecular flexibility index (Phi) is 7.69. The molecule has 3 nitrogen and oxygen atoms in total. The molecule has 1 fully saturated rings. The van der Waals surface area contributed by atoms with Gasteiger partial charge in [-0.3, -0.25) is 9.69 Å². The molecule has 0 spiro atoms. The molecule has 1 aliphatic carbocycles. The molecule has 2 atom stereocenters. The largest absolute Gasteiger partial charge is 0.352 e. The topological polar surface area (TPSA) is 32.3 Å². The highest BCUT2D eigenvalue weighted by atomic mass is 33.1. The maximum Gasteiger partial charge on any atom is 0.251 e. The molecular weight excluding hydrogens is 444 g/mol. The molecule has 176 valence electrons. The quantitative estimate of drug-likeness (QED) is 0.321. The summed E-state index contributed by atoms with van der Waals surface area (Å²) in [5.74, 6) is 1.40. The number of unbranched alkanes of at least 4 members (excludes halogenated alkanes) is 2. The Morgan fingerprint density at radius 2 is 2.00 bits per heavy atom. The molecule has 0 saturated carbocycles. The third-order valence-corrected chi connectivity index (χ3v) is 10.5. The van der Waals surface area contributed by atoms with Gasteiger partial charge in [0, 0.05) is 35.7 Å². The molecule has 0 aromatic heterocycles. The minimum absolute atomic E-state index is 0.0897. The molecule has 0 bridgehead atoms. The molecule has 2 heterocycles. The summed E-state index contributed by atoms with van der Waals surface area (Å²) in [5.41, 5.74) is 7.60. The van der Waals surface area contributed by atoms with Crippen LogP contribution >= 0.6 is 21.6 Å². The summed E-state index contributed by atoms with van der Waals surface area (Å²) in [7, 11) is 4.09. The Morgan fingerprint density at radius 1 is 1.12 bits per heavy atom. The molecule has 2 aliphatic heterocycles. The smallest absolute Gasteiger partial charge is 0.251 e. The highest BCUT2D eigenvalue weighted by Crippen LogP contribution is 2.46. The first-order valence-electron chi connectivity index (χ1n) is 12.8. The number of hydrogen-bond donors (Lipinski definition) is 1. The average Bonchev–Trinajstić information content (AvgIpc) is 3.36. The Morgan fingerprint density at radius 3 is 2.85 bits per heavy atom. The van der Waals surface area contributed by atoms with Gasteiger partial charge in [-0.05, 0) is 79.0 Å². The standard InChI is InChI=1S/C28H36N2OS2/c1-2-16-30-17-13-20-8-6-11-23-26-21(19-25(30)27(20)23)9-7-12-24(26)28(31)29-15-5-3-4-10-22-14-18-32-33-22/h6-9,11-12,22,25H,2-5,10,13-19H2,1H3,(H,29,31). The van der Waals surface area contributed by atoms with Crippen LogP contribution in [0.3, 0.4) is 0 Å². The second-order valence-electron chi connectivity index (χ2n) is 9.66. The number of nitrogens with one attached hydrogen (secondary N) is 1. The van der Waals surface area contributed by atoms with Crippen molar-refractivity contribution in [2.75, 3.05) is 25.4 Å². The zero-order valence-corrected chi connectivity index (χ0v) is 21.4. The van der Waals surface area contributed by atoms with Crippen molar-refractivity contribution in [3.8, 4) is 11.1 Å². The fraction of sp³-hybridized carbons (Fsp3) is 0.536. The van der Waals surface area contributed by atoms with Crippen LogP contribution in [0, 0.1) is 0 Å². The van der Waals surface area contributed by atoms with Crippen molar-refractivity contribution in [1.29, 1.82) is 0 Å². The van der Waals surface area contributed by atoms with E-state index in [9.17, 15) is 4.79 Å². The van der Waals surface area contributed by atoms with Crippen molar-refractivity contribution in [3.63, 3.8) is 0 Å². The highest BCUT2D eigenvalue weighted by Gasteiger charge is 2.35. The maximum atomic E-state index is 13.3. The first-order valence-corrected chi connectivity index (χ1v) is 15.2. The van der Waals surface area contributed by atoms with E-state index < -0.39 is 0 Å². The molecule has 1 saturated heterocycles. The number of hydrogen-bond acceptors (Lipinski definition) is 4. The maximum absolute atomic E-state index is 13.3. The van der Waals surface area contributed by atoms with E-state index in [1.165, 1.54) is 65.7 Å². The predicted molar refractivity (Wildman–Crippen MR) is 143 cm³/mol. The van der Waals surface area contributed by atoms with Crippen molar-refractivity contribution in [2.24, 2.45) is 0 Å². The number of carbonyl (C=O) groups is 1. The van der Waals surface area contributed by atoms with Gasteiger partial charge in [0.2, 0.25) is 0 Å². The monoisotopic (exact) mass is 480 g/mol. The SMILES string of the molecule is CCCN1CCc2cccc3c2C1Cc1cccc(C(=O)NCCCCCC2CCSS2)c1-3. The Balaban J connectivity index is 1.28. The van der Waals surface area contributed by atoms with Crippen molar-refractivity contribution in [3.05, 3.63) is 58.7 Å². The van der Waals surface area contributed by atoms with Crippen LogP contribution in [-0.4, -0.2) is 41.4 Å². The molecule has 0 radical (unpaired) electrons. The van der Waals surface area contributed by atoms with Gasteiger partial charge in [0.25, 0.3) is 5.91 Å². The van der Waals surface area contributed by atoms with Crippen molar-refractivity contribution in [1.82, 2.24) is 10.2 Å². The minimum Gasteiger partial charge on any atom is -0.352 e. The van der Waals surface area contributed by atoms with Crippen LogP contribution in [0.15, 0.2) is 36.4 Å². The van der Waals surface area contributed by atoms with Crippen LogP contribution in [0.5, 0.6) is 0 Å². The summed E-state index contributed by atoms with van der Waals surface area (Å²) in [6, 6.07) is 13.5. The second-order valence-corrected chi connectivity index (χ2v) is 12.4. The summed E-state index contributed by atoms with van der Waals surface area (Å²) in [6.45, 7) is 5.33. The summed E-state index contributed by atoms with van der Waals surface area (Å²) >= 11 is 0. The van der Waals surface area contributed by atoms with E-state index in [1.807, 2.05) is 16.9 Å². The van der Waals surface area contributed by atoms with Crippen molar-refractivity contribution in [2.45, 2.75) is 69.6 Å². The number of carbonyl (C=O) groups excluding carboxylic acids is 1. The minimum atomic E-state index is 0.0897. The number of rotatable bonds is 9. The van der Waals surface area contributed by atoms with Gasteiger partial charge in [-0.1, -0.05) is 71.7 Å². The van der Waals surface area contributed by atoms with Gasteiger partial charge in [0.05, 0.1) is 0 Å². The van der Waals surface area contributed by atoms with Crippen LogP contribution in [0.1, 0.15) is 78.5 Å². The van der Waals surface area contributed by atoms with Gasteiger partial charge in [-0.25, -0.2) is 0 Å². The van der Waals surface area contributed by atoms with E-state index in [0.29, 0.717) is 6.04 Å². The summed E-state index contributed by atoms with van der Waals surface area (Å²) < 4.78 is 0. The average molecular weight is 481 g/mol. The van der Waals surface area contributed by atoms with Gasteiger partial charge >= 0.3 is 0 Å². The van der Waals surface area contributed by atoms with E-state index >= 15 is 0 Å². The van der Waals surface area contributed by atoms with Gasteiger partial charge < -0.3 is 5.32 Å². The highest BCUT2D eigenvalue weighted by molar-refractivity contribution is 8.77. The lowest BCUT2D eigenvalue weighted by Crippen LogP contribution is -2.39. The zero-order valence-electron chi connectivity index (χ0n) is 19.8. The summed E-state index contributed by atoms with van der Waals surface area (Å²) in [5, 5.41) is 4.09. The van der Waals surface area contributed by atoms with Crippen LogP contribution in [-0.2, 0) is 12.8 Å². The third-order valence-electron chi connectivity index (χ3n) is 7.44. The molecule has 5 heteroatoms. The molecule has 2 aromatic carbocycles. The Hall–Kier alpha value is -1.43. The zero-order chi connectivity index (χ0) is 22.6. The first-order chi connectivity index (χ1) is 16.3. The van der Waals surface area contributed by atoms with Gasteiger partial charge in [-0.15, -0.1) is 0 Å². The third kappa shape index (κ3) is 5.01. The second kappa shape index (κ2) is 10.9. The van der Waals surface area contributed by atoms with Crippen molar-refractivity contribution >= 4 is 27.5 Å². The van der Waals surface area contributed by atoms with Crippen LogP contribution in [0.2, 0.25) is 0 Å². The Labute approximate surface area is 206 Å². The molecule has 33 heavy (non-hydrogen) atoms. The lowest BCUT2D eigenvalue weighted by atomic mass is 9.75. The van der Waals surface area contributed by atoms with Gasteiger partial charge in [0.15, 0.2) is 0 Å². The fourth-order valence-electron chi connectivity index (χ4n) is 5.85. The van der Waals surface area contributed by atoms with E-state index in [4.69, 9.17) is 0 Å². The van der Waals surface area contributed by atoms with E-state index in [-0.39, 0.29) is 5.91 Å². The molecule has 2 aromatic rings. The molecule has 1 amide bonds. The molecule has 5 rings (SSSR count). The number of amides is 1. The Bertz CT molecular complexity index is 986. The lowest BCUT2D eigenvalue weighted by Gasteiger charge is -2.42. The van der Waals surface area contributed by atoms with E-state index in [0.717, 1.165) is 49.7 Å². The first kappa shape index (κ1) is 23.3. The van der Waals surface area contributed by atoms with Gasteiger partial charge in [0.1, 0.15) is 0 Å². The molecular formula is C28H36N2OS2. The number of nitrogens with zero attached hydrogens (tertiary/aromatic N) is 1. The normalized spacial score (nSPS) is 21.5. The lowest BCUT2D eigenvalue weighted by molar-refractivity contribution is 0.0953. The van der Waals surface area contributed by atoms with E-state index in [2.05, 4.69) is 58.3 Å². The summed E-state index contributed by atoms with van der Waals surface area (Å²) in [4.78, 5) is 15.9.